The second kappa shape index (κ2) is 8.49. The SMILES string of the molecule is CCCN1CCC(c2nc3c(OC(N)=O)cccc3n2CCN2CCCC2)C1. The summed E-state index contributed by atoms with van der Waals surface area (Å²) in [5.74, 6) is 1.99. The van der Waals surface area contributed by atoms with Crippen molar-refractivity contribution in [1.29, 1.82) is 0 Å². The number of rotatable bonds is 7. The van der Waals surface area contributed by atoms with Crippen LogP contribution in [0.4, 0.5) is 4.79 Å². The van der Waals surface area contributed by atoms with Gasteiger partial charge in [-0.3, -0.25) is 0 Å². The Morgan fingerprint density at radius 3 is 2.75 bits per heavy atom. The summed E-state index contributed by atoms with van der Waals surface area (Å²) in [5.41, 5.74) is 7.04. The molecule has 2 aromatic rings. The fourth-order valence-corrected chi connectivity index (χ4v) is 4.69. The minimum absolute atomic E-state index is 0.416. The number of likely N-dealkylation sites (tertiary alicyclic amines) is 2. The molecule has 0 bridgehead atoms. The highest BCUT2D eigenvalue weighted by atomic mass is 16.5. The summed E-state index contributed by atoms with van der Waals surface area (Å²) in [6.07, 6.45) is 4.09. The van der Waals surface area contributed by atoms with E-state index in [1.807, 2.05) is 6.07 Å². The summed E-state index contributed by atoms with van der Waals surface area (Å²) >= 11 is 0. The molecule has 0 saturated carbocycles. The van der Waals surface area contributed by atoms with Crippen LogP contribution in [0.3, 0.4) is 0 Å². The number of nitrogens with two attached hydrogens (primary N) is 1. The quantitative estimate of drug-likeness (QED) is 0.793. The highest BCUT2D eigenvalue weighted by Crippen LogP contribution is 2.33. The number of carbonyl (C=O) groups is 1. The zero-order chi connectivity index (χ0) is 19.5. The molecule has 2 saturated heterocycles. The van der Waals surface area contributed by atoms with Crippen molar-refractivity contribution in [3.63, 3.8) is 0 Å². The molecule has 0 radical (unpaired) electrons. The summed E-state index contributed by atoms with van der Waals surface area (Å²) in [4.78, 5) is 21.3. The molecule has 152 valence electrons. The van der Waals surface area contributed by atoms with Crippen LogP contribution < -0.4 is 10.5 Å². The molecule has 0 aliphatic carbocycles. The lowest BCUT2D eigenvalue weighted by Gasteiger charge is -2.19. The number of nitrogens with zero attached hydrogens (tertiary/aromatic N) is 4. The Hall–Kier alpha value is -2.12. The summed E-state index contributed by atoms with van der Waals surface area (Å²) in [6.45, 7) is 9.86. The molecule has 4 rings (SSSR count). The number of benzene rings is 1. The molecular weight excluding hydrogens is 354 g/mol. The Morgan fingerprint density at radius 2 is 2.00 bits per heavy atom. The number of amides is 1. The molecule has 1 amide bonds. The van der Waals surface area contributed by atoms with Crippen molar-refractivity contribution >= 4 is 17.1 Å². The van der Waals surface area contributed by atoms with Crippen LogP contribution in [-0.4, -0.2) is 64.7 Å². The van der Waals surface area contributed by atoms with E-state index in [-0.39, 0.29) is 0 Å². The molecule has 3 heterocycles. The van der Waals surface area contributed by atoms with Crippen LogP contribution in [-0.2, 0) is 6.54 Å². The number of primary amides is 1. The van der Waals surface area contributed by atoms with Gasteiger partial charge in [0.2, 0.25) is 0 Å². The first-order valence-electron chi connectivity index (χ1n) is 10.6. The molecule has 1 aromatic heterocycles. The van der Waals surface area contributed by atoms with Crippen molar-refractivity contribution in [3.05, 3.63) is 24.0 Å². The Morgan fingerprint density at radius 1 is 1.18 bits per heavy atom. The van der Waals surface area contributed by atoms with E-state index in [1.165, 1.54) is 32.4 Å². The predicted molar refractivity (Wildman–Crippen MR) is 110 cm³/mol. The summed E-state index contributed by atoms with van der Waals surface area (Å²) in [6, 6.07) is 5.76. The number of para-hydroxylation sites is 1. The second-order valence-electron chi connectivity index (χ2n) is 8.00. The lowest BCUT2D eigenvalue weighted by atomic mass is 10.1. The summed E-state index contributed by atoms with van der Waals surface area (Å²) in [5, 5.41) is 0. The van der Waals surface area contributed by atoms with Gasteiger partial charge in [0.25, 0.3) is 0 Å². The van der Waals surface area contributed by atoms with Gasteiger partial charge in [-0.1, -0.05) is 13.0 Å². The molecule has 2 aliphatic rings. The predicted octanol–water partition coefficient (Wildman–Crippen LogP) is 2.79. The van der Waals surface area contributed by atoms with E-state index in [0.717, 1.165) is 56.0 Å². The van der Waals surface area contributed by atoms with Gasteiger partial charge in [-0.15, -0.1) is 0 Å². The first-order chi connectivity index (χ1) is 13.7. The molecule has 1 aromatic carbocycles. The Labute approximate surface area is 166 Å². The number of hydrogen-bond donors (Lipinski definition) is 1. The van der Waals surface area contributed by atoms with Crippen LogP contribution in [0.5, 0.6) is 5.75 Å². The third-order valence-electron chi connectivity index (χ3n) is 6.00. The van der Waals surface area contributed by atoms with Gasteiger partial charge >= 0.3 is 6.09 Å². The van der Waals surface area contributed by atoms with Crippen molar-refractivity contribution in [2.24, 2.45) is 5.73 Å². The third-order valence-corrected chi connectivity index (χ3v) is 6.00. The van der Waals surface area contributed by atoms with Crippen molar-refractivity contribution in [2.45, 2.75) is 45.1 Å². The first kappa shape index (κ1) is 19.2. The molecule has 2 aliphatic heterocycles. The van der Waals surface area contributed by atoms with Crippen LogP contribution in [0.15, 0.2) is 18.2 Å². The van der Waals surface area contributed by atoms with E-state index in [2.05, 4.69) is 27.4 Å². The van der Waals surface area contributed by atoms with Gasteiger partial charge in [-0.2, -0.15) is 0 Å². The normalized spacial score (nSPS) is 21.0. The molecule has 2 fully saturated rings. The fourth-order valence-electron chi connectivity index (χ4n) is 4.69. The fraction of sp³-hybridized carbons (Fsp3) is 0.619. The minimum Gasteiger partial charge on any atom is -0.408 e. The first-order valence-corrected chi connectivity index (χ1v) is 10.6. The van der Waals surface area contributed by atoms with Crippen molar-refractivity contribution < 1.29 is 9.53 Å². The molecular formula is C21H31N5O2. The van der Waals surface area contributed by atoms with Gasteiger partial charge in [0.05, 0.1) is 5.52 Å². The lowest BCUT2D eigenvalue weighted by molar-refractivity contribution is 0.211. The van der Waals surface area contributed by atoms with Gasteiger partial charge < -0.3 is 24.8 Å². The zero-order valence-corrected chi connectivity index (χ0v) is 16.8. The number of hydrogen-bond acceptors (Lipinski definition) is 5. The van der Waals surface area contributed by atoms with E-state index >= 15 is 0 Å². The van der Waals surface area contributed by atoms with E-state index in [4.69, 9.17) is 15.5 Å². The number of ether oxygens (including phenoxy) is 1. The van der Waals surface area contributed by atoms with Gasteiger partial charge in [0, 0.05) is 25.6 Å². The molecule has 7 heteroatoms. The maximum atomic E-state index is 11.3. The molecule has 1 unspecified atom stereocenters. The molecule has 28 heavy (non-hydrogen) atoms. The number of carbonyl (C=O) groups excluding carboxylic acids is 1. The van der Waals surface area contributed by atoms with Gasteiger partial charge in [0.15, 0.2) is 5.75 Å². The minimum atomic E-state index is -0.796. The molecule has 2 N–H and O–H groups in total. The van der Waals surface area contributed by atoms with Gasteiger partial charge in [-0.25, -0.2) is 9.78 Å². The number of imidazole rings is 1. The van der Waals surface area contributed by atoms with Crippen LogP contribution in [0.2, 0.25) is 0 Å². The number of fused-ring (bicyclic) bond motifs is 1. The Kier molecular flexibility index (Phi) is 5.82. The Balaban J connectivity index is 1.66. The third kappa shape index (κ3) is 4.00. The highest BCUT2D eigenvalue weighted by Gasteiger charge is 2.29. The van der Waals surface area contributed by atoms with Crippen LogP contribution in [0, 0.1) is 0 Å². The number of aromatic nitrogens is 2. The average molecular weight is 386 g/mol. The molecule has 1 atom stereocenters. The van der Waals surface area contributed by atoms with Crippen molar-refractivity contribution in [3.8, 4) is 5.75 Å². The zero-order valence-electron chi connectivity index (χ0n) is 16.8. The Bertz CT molecular complexity index is 828. The maximum absolute atomic E-state index is 11.3. The van der Waals surface area contributed by atoms with Crippen LogP contribution in [0.1, 0.15) is 44.3 Å². The molecule has 0 spiro atoms. The largest absolute Gasteiger partial charge is 0.410 e. The maximum Gasteiger partial charge on any atom is 0.410 e. The summed E-state index contributed by atoms with van der Waals surface area (Å²) in [7, 11) is 0. The van der Waals surface area contributed by atoms with Crippen molar-refractivity contribution in [1.82, 2.24) is 19.4 Å². The van der Waals surface area contributed by atoms with Crippen LogP contribution in [0.25, 0.3) is 11.0 Å². The molecule has 7 nitrogen and oxygen atoms in total. The average Bonchev–Trinajstić information content (AvgIpc) is 3.40. The summed E-state index contributed by atoms with van der Waals surface area (Å²) < 4.78 is 7.59. The highest BCUT2D eigenvalue weighted by molar-refractivity contribution is 5.85. The monoisotopic (exact) mass is 385 g/mol. The van der Waals surface area contributed by atoms with Gasteiger partial charge in [0.1, 0.15) is 11.3 Å². The van der Waals surface area contributed by atoms with Crippen molar-refractivity contribution in [2.75, 3.05) is 39.3 Å². The van der Waals surface area contributed by atoms with E-state index in [1.54, 1.807) is 6.07 Å². The second-order valence-corrected chi connectivity index (χ2v) is 8.00. The lowest BCUT2D eigenvalue weighted by Crippen LogP contribution is -2.26. The van der Waals surface area contributed by atoms with E-state index in [9.17, 15) is 4.79 Å². The van der Waals surface area contributed by atoms with E-state index < -0.39 is 6.09 Å². The van der Waals surface area contributed by atoms with Crippen LogP contribution >= 0.6 is 0 Å². The standard InChI is InChI=1S/C21H31N5O2/c1-2-9-25-12-8-16(15-25)20-23-19-17(6-5-7-18(19)28-21(22)27)26(20)14-13-24-10-3-4-11-24/h5-7,16H,2-4,8-15H2,1H3,(H2,22,27). The van der Waals surface area contributed by atoms with Gasteiger partial charge in [-0.05, 0) is 64.0 Å². The van der Waals surface area contributed by atoms with E-state index in [0.29, 0.717) is 11.7 Å². The topological polar surface area (TPSA) is 76.6 Å². The smallest absolute Gasteiger partial charge is 0.408 e.